The molecule has 0 atom stereocenters. The molecule has 66 valence electrons. The van der Waals surface area contributed by atoms with Gasteiger partial charge < -0.3 is 5.73 Å². The molecule has 3 heteroatoms. The second-order valence-corrected chi connectivity index (χ2v) is 3.74. The Hall–Kier alpha value is -1.02. The van der Waals surface area contributed by atoms with Crippen molar-refractivity contribution in [3.63, 3.8) is 0 Å². The maximum atomic E-state index is 8.45. The van der Waals surface area contributed by atoms with E-state index in [2.05, 4.69) is 22.6 Å². The summed E-state index contributed by atoms with van der Waals surface area (Å²) in [7, 11) is 0. The zero-order chi connectivity index (χ0) is 9.84. The van der Waals surface area contributed by atoms with Crippen LogP contribution in [0.4, 0.5) is 0 Å². The van der Waals surface area contributed by atoms with E-state index in [1.54, 1.807) is 0 Å². The van der Waals surface area contributed by atoms with Crippen LogP contribution < -0.4 is 5.73 Å². The second-order valence-electron chi connectivity index (χ2n) is 2.67. The third-order valence-corrected chi connectivity index (χ3v) is 3.15. The van der Waals surface area contributed by atoms with Crippen LogP contribution in [0.15, 0.2) is 24.3 Å². The summed E-state index contributed by atoms with van der Waals surface area (Å²) in [6.07, 6.45) is 1.36. The van der Waals surface area contributed by atoms with Crippen molar-refractivity contribution in [1.82, 2.24) is 0 Å². The molecule has 0 aliphatic carbocycles. The molecule has 1 rings (SSSR count). The molecule has 0 heterocycles. The van der Waals surface area contributed by atoms with Crippen LogP contribution in [-0.4, -0.2) is 0 Å². The highest BCUT2D eigenvalue weighted by Gasteiger charge is 2.03. The molecular formula is C10H9IN2. The van der Waals surface area contributed by atoms with E-state index in [4.69, 9.17) is 11.0 Å². The van der Waals surface area contributed by atoms with E-state index < -0.39 is 0 Å². The molecule has 0 spiro atoms. The van der Waals surface area contributed by atoms with Crippen molar-refractivity contribution < 1.29 is 0 Å². The SMILES string of the molecule is Cc1cccc(/C(N)=C/C#N)c1I. The Morgan fingerprint density at radius 2 is 2.31 bits per heavy atom. The first-order valence-electron chi connectivity index (χ1n) is 3.77. The van der Waals surface area contributed by atoms with E-state index in [1.165, 1.54) is 11.6 Å². The molecular weight excluding hydrogens is 275 g/mol. The highest BCUT2D eigenvalue weighted by atomic mass is 127. The first-order chi connectivity index (χ1) is 6.16. The average molecular weight is 284 g/mol. The topological polar surface area (TPSA) is 49.8 Å². The lowest BCUT2D eigenvalue weighted by Crippen LogP contribution is -1.99. The van der Waals surface area contributed by atoms with Crippen molar-refractivity contribution in [3.8, 4) is 6.07 Å². The normalized spacial score (nSPS) is 11.0. The molecule has 1 aromatic carbocycles. The number of rotatable bonds is 1. The van der Waals surface area contributed by atoms with Crippen molar-refractivity contribution in [2.24, 2.45) is 5.73 Å². The molecule has 0 fully saturated rings. The number of hydrogen-bond donors (Lipinski definition) is 1. The number of hydrogen-bond acceptors (Lipinski definition) is 2. The fourth-order valence-corrected chi connectivity index (χ4v) is 1.69. The summed E-state index contributed by atoms with van der Waals surface area (Å²) in [5.41, 5.74) is 8.34. The fourth-order valence-electron chi connectivity index (χ4n) is 1.02. The van der Waals surface area contributed by atoms with Crippen LogP contribution in [0.5, 0.6) is 0 Å². The number of nitriles is 1. The van der Waals surface area contributed by atoms with Gasteiger partial charge in [-0.1, -0.05) is 18.2 Å². The van der Waals surface area contributed by atoms with Gasteiger partial charge in [-0.25, -0.2) is 0 Å². The van der Waals surface area contributed by atoms with E-state index in [9.17, 15) is 0 Å². The second kappa shape index (κ2) is 4.28. The summed E-state index contributed by atoms with van der Waals surface area (Å²) >= 11 is 2.23. The minimum atomic E-state index is 0.524. The van der Waals surface area contributed by atoms with Crippen LogP contribution in [0.25, 0.3) is 5.70 Å². The van der Waals surface area contributed by atoms with Crippen molar-refractivity contribution in [2.45, 2.75) is 6.92 Å². The van der Waals surface area contributed by atoms with Crippen LogP contribution in [0.3, 0.4) is 0 Å². The van der Waals surface area contributed by atoms with Crippen molar-refractivity contribution >= 4 is 28.3 Å². The molecule has 0 amide bonds. The van der Waals surface area contributed by atoms with Gasteiger partial charge in [0.25, 0.3) is 0 Å². The number of halogens is 1. The Morgan fingerprint density at radius 3 is 2.92 bits per heavy atom. The molecule has 0 saturated carbocycles. The lowest BCUT2D eigenvalue weighted by atomic mass is 10.1. The van der Waals surface area contributed by atoms with E-state index in [0.29, 0.717) is 5.70 Å². The highest BCUT2D eigenvalue weighted by molar-refractivity contribution is 14.1. The highest BCUT2D eigenvalue weighted by Crippen LogP contribution is 2.20. The van der Waals surface area contributed by atoms with Gasteiger partial charge in [0, 0.05) is 15.2 Å². The first-order valence-corrected chi connectivity index (χ1v) is 4.85. The molecule has 2 nitrogen and oxygen atoms in total. The zero-order valence-electron chi connectivity index (χ0n) is 7.21. The number of aryl methyl sites for hydroxylation is 1. The smallest absolute Gasteiger partial charge is 0.0933 e. The Labute approximate surface area is 91.2 Å². The summed E-state index contributed by atoms with van der Waals surface area (Å²) in [5, 5.41) is 8.45. The number of nitrogens with two attached hydrogens (primary N) is 1. The van der Waals surface area contributed by atoms with Crippen LogP contribution in [0.2, 0.25) is 0 Å². The van der Waals surface area contributed by atoms with E-state index in [-0.39, 0.29) is 0 Å². The van der Waals surface area contributed by atoms with Gasteiger partial charge in [-0.2, -0.15) is 5.26 Å². The van der Waals surface area contributed by atoms with Gasteiger partial charge >= 0.3 is 0 Å². The predicted octanol–water partition coefficient (Wildman–Crippen LogP) is 2.42. The Bertz CT molecular complexity index is 388. The van der Waals surface area contributed by atoms with Gasteiger partial charge in [-0.05, 0) is 35.1 Å². The molecule has 0 bridgehead atoms. The van der Waals surface area contributed by atoms with Gasteiger partial charge in [-0.15, -0.1) is 0 Å². The quantitative estimate of drug-likeness (QED) is 0.636. The minimum absolute atomic E-state index is 0.524. The van der Waals surface area contributed by atoms with Crippen molar-refractivity contribution in [2.75, 3.05) is 0 Å². The van der Waals surface area contributed by atoms with Gasteiger partial charge in [0.05, 0.1) is 11.8 Å². The summed E-state index contributed by atoms with van der Waals surface area (Å²) in [4.78, 5) is 0. The van der Waals surface area contributed by atoms with Gasteiger partial charge in [0.1, 0.15) is 0 Å². The standard InChI is InChI=1S/C10H9IN2/c1-7-3-2-4-8(10(7)11)9(13)5-6-12/h2-5H,13H2,1H3/b9-5-. The minimum Gasteiger partial charge on any atom is -0.398 e. The monoisotopic (exact) mass is 284 g/mol. The third-order valence-electron chi connectivity index (χ3n) is 1.72. The van der Waals surface area contributed by atoms with Crippen LogP contribution in [0, 0.1) is 21.8 Å². The maximum Gasteiger partial charge on any atom is 0.0933 e. The predicted molar refractivity (Wildman–Crippen MR) is 61.7 cm³/mol. The summed E-state index contributed by atoms with van der Waals surface area (Å²) in [6.45, 7) is 2.02. The van der Waals surface area contributed by atoms with Gasteiger partial charge in [-0.3, -0.25) is 0 Å². The molecule has 0 saturated heterocycles. The summed E-state index contributed by atoms with van der Waals surface area (Å²) in [5.74, 6) is 0. The third kappa shape index (κ3) is 2.22. The van der Waals surface area contributed by atoms with Crippen molar-refractivity contribution in [3.05, 3.63) is 39.0 Å². The van der Waals surface area contributed by atoms with Crippen molar-refractivity contribution in [1.29, 1.82) is 5.26 Å². The van der Waals surface area contributed by atoms with Crippen LogP contribution >= 0.6 is 22.6 Å². The Morgan fingerprint density at radius 1 is 1.62 bits per heavy atom. The first kappa shape index (κ1) is 10.1. The fraction of sp³-hybridized carbons (Fsp3) is 0.100. The van der Waals surface area contributed by atoms with Crippen LogP contribution in [0.1, 0.15) is 11.1 Å². The molecule has 0 aliphatic rings. The maximum absolute atomic E-state index is 8.45. The molecule has 2 N–H and O–H groups in total. The number of benzene rings is 1. The number of nitrogens with zero attached hydrogens (tertiary/aromatic N) is 1. The lowest BCUT2D eigenvalue weighted by molar-refractivity contribution is 1.38. The lowest BCUT2D eigenvalue weighted by Gasteiger charge is -2.05. The largest absolute Gasteiger partial charge is 0.398 e. The van der Waals surface area contributed by atoms with Gasteiger partial charge in [0.2, 0.25) is 0 Å². The molecule has 0 radical (unpaired) electrons. The average Bonchev–Trinajstić information content (AvgIpc) is 2.10. The Kier molecular flexibility index (Phi) is 3.32. The van der Waals surface area contributed by atoms with Crippen LogP contribution in [-0.2, 0) is 0 Å². The molecule has 1 aromatic rings. The summed E-state index contributed by atoms with van der Waals surface area (Å²) < 4.78 is 1.10. The van der Waals surface area contributed by atoms with E-state index in [0.717, 1.165) is 9.13 Å². The van der Waals surface area contributed by atoms with Gasteiger partial charge in [0.15, 0.2) is 0 Å². The number of allylic oxidation sites excluding steroid dienone is 1. The zero-order valence-corrected chi connectivity index (χ0v) is 9.37. The molecule has 0 aliphatic heterocycles. The molecule has 0 unspecified atom stereocenters. The van der Waals surface area contributed by atoms with E-state index in [1.807, 2.05) is 31.2 Å². The summed E-state index contributed by atoms with van der Waals surface area (Å²) in [6, 6.07) is 7.79. The molecule has 0 aromatic heterocycles. The molecule has 13 heavy (non-hydrogen) atoms. The Balaban J connectivity index is 3.25. The van der Waals surface area contributed by atoms with E-state index >= 15 is 0 Å².